The molecule has 0 fully saturated rings. The summed E-state index contributed by atoms with van der Waals surface area (Å²) in [6, 6.07) is 5.19. The molecule has 1 aromatic carbocycles. The third-order valence-corrected chi connectivity index (χ3v) is 2.76. The molecule has 0 saturated heterocycles. The third kappa shape index (κ3) is 4.10. The van der Waals surface area contributed by atoms with Crippen molar-refractivity contribution in [3.05, 3.63) is 29.3 Å². The molecule has 3 heteroatoms. The van der Waals surface area contributed by atoms with E-state index in [4.69, 9.17) is 0 Å². The van der Waals surface area contributed by atoms with Gasteiger partial charge in [-0.2, -0.15) is 0 Å². The Bertz CT molecular complexity index is 388. The van der Waals surface area contributed by atoms with Crippen molar-refractivity contribution in [1.82, 2.24) is 5.32 Å². The van der Waals surface area contributed by atoms with Crippen LogP contribution in [0.3, 0.4) is 0 Å². The Morgan fingerprint density at radius 2 is 2.18 bits per heavy atom. The molecule has 0 aromatic heterocycles. The van der Waals surface area contributed by atoms with E-state index in [0.717, 1.165) is 24.8 Å². The maximum Gasteiger partial charge on any atom is 0.255 e. The summed E-state index contributed by atoms with van der Waals surface area (Å²) in [7, 11) is 0. The zero-order chi connectivity index (χ0) is 12.8. The fourth-order valence-corrected chi connectivity index (χ4v) is 1.72. The molecule has 17 heavy (non-hydrogen) atoms. The van der Waals surface area contributed by atoms with Gasteiger partial charge >= 0.3 is 0 Å². The van der Waals surface area contributed by atoms with Gasteiger partial charge < -0.3 is 10.4 Å². The number of amides is 1. The number of hydrogen-bond donors (Lipinski definition) is 2. The average Bonchev–Trinajstić information content (AvgIpc) is 2.29. The van der Waals surface area contributed by atoms with Crippen molar-refractivity contribution in [2.75, 3.05) is 0 Å². The molecule has 0 heterocycles. The highest BCUT2D eigenvalue weighted by Gasteiger charge is 2.13. The van der Waals surface area contributed by atoms with Gasteiger partial charge in [0.15, 0.2) is 0 Å². The van der Waals surface area contributed by atoms with E-state index in [2.05, 4.69) is 12.2 Å². The molecule has 0 aliphatic heterocycles. The summed E-state index contributed by atoms with van der Waals surface area (Å²) in [6.45, 7) is 6.01. The maximum atomic E-state index is 11.9. The van der Waals surface area contributed by atoms with Crippen LogP contribution < -0.4 is 5.32 Å². The molecule has 1 atom stereocenters. The molecule has 0 saturated carbocycles. The Morgan fingerprint density at radius 1 is 1.47 bits per heavy atom. The molecule has 0 aliphatic rings. The molecular formula is C14H21NO2. The number of benzene rings is 1. The summed E-state index contributed by atoms with van der Waals surface area (Å²) in [5, 5.41) is 12.5. The Hall–Kier alpha value is -1.51. The smallest absolute Gasteiger partial charge is 0.255 e. The van der Waals surface area contributed by atoms with Crippen LogP contribution in [0.5, 0.6) is 5.75 Å². The highest BCUT2D eigenvalue weighted by atomic mass is 16.3. The highest BCUT2D eigenvalue weighted by Crippen LogP contribution is 2.18. The van der Waals surface area contributed by atoms with Crippen molar-refractivity contribution in [3.8, 4) is 5.75 Å². The van der Waals surface area contributed by atoms with Crippen molar-refractivity contribution < 1.29 is 9.90 Å². The summed E-state index contributed by atoms with van der Waals surface area (Å²) < 4.78 is 0. The summed E-state index contributed by atoms with van der Waals surface area (Å²) in [5.41, 5.74) is 1.32. The molecule has 1 rings (SSSR count). The largest absolute Gasteiger partial charge is 0.507 e. The number of aryl methyl sites for hydroxylation is 1. The number of rotatable bonds is 5. The quantitative estimate of drug-likeness (QED) is 0.824. The van der Waals surface area contributed by atoms with E-state index >= 15 is 0 Å². The van der Waals surface area contributed by atoms with Crippen LogP contribution in [0, 0.1) is 6.92 Å². The zero-order valence-electron chi connectivity index (χ0n) is 10.8. The first-order valence-corrected chi connectivity index (χ1v) is 6.15. The van der Waals surface area contributed by atoms with Gasteiger partial charge in [0.2, 0.25) is 0 Å². The van der Waals surface area contributed by atoms with Crippen molar-refractivity contribution in [2.45, 2.75) is 46.1 Å². The first kappa shape index (κ1) is 13.6. The Kier molecular flexibility index (Phi) is 5.01. The van der Waals surface area contributed by atoms with E-state index in [1.165, 1.54) is 0 Å². The second kappa shape index (κ2) is 6.28. The van der Waals surface area contributed by atoms with Crippen molar-refractivity contribution in [3.63, 3.8) is 0 Å². The molecular weight excluding hydrogens is 214 g/mol. The van der Waals surface area contributed by atoms with Gasteiger partial charge in [0, 0.05) is 6.04 Å². The fraction of sp³-hybridized carbons (Fsp3) is 0.500. The van der Waals surface area contributed by atoms with Crippen molar-refractivity contribution in [1.29, 1.82) is 0 Å². The van der Waals surface area contributed by atoms with Gasteiger partial charge in [0.25, 0.3) is 5.91 Å². The van der Waals surface area contributed by atoms with E-state index in [9.17, 15) is 9.90 Å². The van der Waals surface area contributed by atoms with Gasteiger partial charge in [-0.05, 0) is 32.4 Å². The zero-order valence-corrected chi connectivity index (χ0v) is 10.8. The number of unbranched alkanes of at least 4 members (excludes halogenated alkanes) is 1. The topological polar surface area (TPSA) is 49.3 Å². The predicted molar refractivity (Wildman–Crippen MR) is 69.3 cm³/mol. The van der Waals surface area contributed by atoms with Crippen molar-refractivity contribution >= 4 is 5.91 Å². The average molecular weight is 235 g/mol. The van der Waals surface area contributed by atoms with Gasteiger partial charge in [-0.25, -0.2) is 0 Å². The molecule has 3 nitrogen and oxygen atoms in total. The van der Waals surface area contributed by atoms with Crippen molar-refractivity contribution in [2.24, 2.45) is 0 Å². The molecule has 1 unspecified atom stereocenters. The summed E-state index contributed by atoms with van der Waals surface area (Å²) in [4.78, 5) is 11.9. The second-order valence-corrected chi connectivity index (χ2v) is 4.54. The van der Waals surface area contributed by atoms with Crippen LogP contribution in [0.1, 0.15) is 49.0 Å². The number of aromatic hydroxyl groups is 1. The van der Waals surface area contributed by atoms with Gasteiger partial charge in [0.05, 0.1) is 5.56 Å². The van der Waals surface area contributed by atoms with Crippen LogP contribution in [0.25, 0.3) is 0 Å². The monoisotopic (exact) mass is 235 g/mol. The SMILES string of the molecule is CCCCC(C)NC(=O)c1cc(C)ccc1O. The lowest BCUT2D eigenvalue weighted by Gasteiger charge is -2.14. The minimum atomic E-state index is -0.199. The van der Waals surface area contributed by atoms with Gasteiger partial charge in [-0.15, -0.1) is 0 Å². The lowest BCUT2D eigenvalue weighted by Crippen LogP contribution is -2.32. The normalized spacial score (nSPS) is 12.2. The fourth-order valence-electron chi connectivity index (χ4n) is 1.72. The molecule has 0 aliphatic carbocycles. The van der Waals surface area contributed by atoms with Gasteiger partial charge in [0.1, 0.15) is 5.75 Å². The number of phenolic OH excluding ortho intramolecular Hbond substituents is 1. The molecule has 0 radical (unpaired) electrons. The van der Waals surface area contributed by atoms with Crippen LogP contribution in [-0.4, -0.2) is 17.1 Å². The van der Waals surface area contributed by atoms with Crippen LogP contribution in [-0.2, 0) is 0 Å². The molecule has 1 aromatic rings. The minimum absolute atomic E-state index is 0.0378. The van der Waals surface area contributed by atoms with E-state index in [0.29, 0.717) is 5.56 Å². The third-order valence-electron chi connectivity index (χ3n) is 2.76. The van der Waals surface area contributed by atoms with E-state index in [1.54, 1.807) is 18.2 Å². The standard InChI is InChI=1S/C14H21NO2/c1-4-5-6-11(3)15-14(17)12-9-10(2)7-8-13(12)16/h7-9,11,16H,4-6H2,1-3H3,(H,15,17). The first-order chi connectivity index (χ1) is 8.04. The van der Waals surface area contributed by atoms with Crippen LogP contribution in [0.2, 0.25) is 0 Å². The van der Waals surface area contributed by atoms with Crippen LogP contribution in [0.15, 0.2) is 18.2 Å². The van der Waals surface area contributed by atoms with E-state index in [-0.39, 0.29) is 17.7 Å². The number of carbonyl (C=O) groups excluding carboxylic acids is 1. The van der Waals surface area contributed by atoms with Crippen LogP contribution >= 0.6 is 0 Å². The lowest BCUT2D eigenvalue weighted by molar-refractivity contribution is 0.0935. The Morgan fingerprint density at radius 3 is 2.82 bits per heavy atom. The second-order valence-electron chi connectivity index (χ2n) is 4.54. The number of phenols is 1. The number of nitrogens with one attached hydrogen (secondary N) is 1. The molecule has 94 valence electrons. The predicted octanol–water partition coefficient (Wildman–Crippen LogP) is 3.01. The number of hydrogen-bond acceptors (Lipinski definition) is 2. The molecule has 0 spiro atoms. The van der Waals surface area contributed by atoms with Gasteiger partial charge in [-0.3, -0.25) is 4.79 Å². The first-order valence-electron chi connectivity index (χ1n) is 6.15. The molecule has 1 amide bonds. The molecule has 0 bridgehead atoms. The van der Waals surface area contributed by atoms with E-state index in [1.807, 2.05) is 13.8 Å². The van der Waals surface area contributed by atoms with E-state index < -0.39 is 0 Å². The Labute approximate surface area is 103 Å². The summed E-state index contributed by atoms with van der Waals surface area (Å²) in [6.07, 6.45) is 3.19. The lowest BCUT2D eigenvalue weighted by atomic mass is 10.1. The van der Waals surface area contributed by atoms with Crippen LogP contribution in [0.4, 0.5) is 0 Å². The Balaban J connectivity index is 2.66. The summed E-state index contributed by atoms with van der Waals surface area (Å²) >= 11 is 0. The molecule has 2 N–H and O–H groups in total. The summed E-state index contributed by atoms with van der Waals surface area (Å²) in [5.74, 6) is -0.161. The minimum Gasteiger partial charge on any atom is -0.507 e. The highest BCUT2D eigenvalue weighted by molar-refractivity contribution is 5.97. The van der Waals surface area contributed by atoms with Gasteiger partial charge in [-0.1, -0.05) is 31.4 Å². The number of carbonyl (C=O) groups is 1. The maximum absolute atomic E-state index is 11.9.